The highest BCUT2D eigenvalue weighted by molar-refractivity contribution is 6.31. The summed E-state index contributed by atoms with van der Waals surface area (Å²) >= 11 is 11.7. The van der Waals surface area contributed by atoms with E-state index in [0.717, 1.165) is 11.6 Å². The molecule has 0 fully saturated rings. The van der Waals surface area contributed by atoms with Crippen molar-refractivity contribution >= 4 is 28.9 Å². The summed E-state index contributed by atoms with van der Waals surface area (Å²) in [6, 6.07) is 9.76. The minimum absolute atomic E-state index is 0.0293. The number of nitrogens with two attached hydrogens (primary N) is 1. The van der Waals surface area contributed by atoms with E-state index in [0.29, 0.717) is 10.8 Å². The van der Waals surface area contributed by atoms with E-state index >= 15 is 0 Å². The maximum atomic E-state index is 13.1. The van der Waals surface area contributed by atoms with E-state index in [1.807, 2.05) is 18.2 Å². The number of hydrogen-bond donors (Lipinski definition) is 1. The molecule has 2 nitrogen and oxygen atoms in total. The molecule has 0 amide bonds. The fourth-order valence-corrected chi connectivity index (χ4v) is 1.78. The first kappa shape index (κ1) is 13.0. The zero-order valence-corrected chi connectivity index (χ0v) is 10.8. The third-order valence-electron chi connectivity index (χ3n) is 2.39. The molecule has 0 atom stereocenters. The summed E-state index contributed by atoms with van der Waals surface area (Å²) in [7, 11) is 0. The van der Waals surface area contributed by atoms with E-state index in [4.69, 9.17) is 33.7 Å². The third-order valence-corrected chi connectivity index (χ3v) is 3.05. The molecule has 0 aromatic heterocycles. The standard InChI is InChI=1S/C13H10Cl2FNO/c14-9-4-2-1-3-8(9)7-18-13-5-10(15)11(16)6-12(13)17/h1-6H,7,17H2. The van der Waals surface area contributed by atoms with E-state index in [-0.39, 0.29) is 17.3 Å². The van der Waals surface area contributed by atoms with Gasteiger partial charge in [-0.3, -0.25) is 0 Å². The Hall–Kier alpha value is -1.45. The van der Waals surface area contributed by atoms with Crippen LogP contribution >= 0.6 is 23.2 Å². The minimum atomic E-state index is -0.570. The first-order valence-corrected chi connectivity index (χ1v) is 5.94. The van der Waals surface area contributed by atoms with Crippen LogP contribution in [0.25, 0.3) is 0 Å². The molecule has 0 saturated heterocycles. The molecular formula is C13H10Cl2FNO. The summed E-state index contributed by atoms with van der Waals surface area (Å²) in [4.78, 5) is 0. The summed E-state index contributed by atoms with van der Waals surface area (Å²) < 4.78 is 18.6. The molecule has 0 spiro atoms. The quantitative estimate of drug-likeness (QED) is 0.854. The Morgan fingerprint density at radius 2 is 1.83 bits per heavy atom. The summed E-state index contributed by atoms with van der Waals surface area (Å²) in [6.07, 6.45) is 0. The van der Waals surface area contributed by atoms with Crippen LogP contribution in [0.2, 0.25) is 10.0 Å². The first-order chi connectivity index (χ1) is 8.58. The largest absolute Gasteiger partial charge is 0.487 e. The van der Waals surface area contributed by atoms with E-state index in [9.17, 15) is 4.39 Å². The van der Waals surface area contributed by atoms with Gasteiger partial charge in [-0.05, 0) is 6.07 Å². The number of nitrogen functional groups attached to an aromatic ring is 1. The number of hydrogen-bond acceptors (Lipinski definition) is 2. The highest BCUT2D eigenvalue weighted by Gasteiger charge is 2.08. The lowest BCUT2D eigenvalue weighted by atomic mass is 10.2. The zero-order chi connectivity index (χ0) is 13.1. The van der Waals surface area contributed by atoms with Crippen molar-refractivity contribution in [2.24, 2.45) is 0 Å². The van der Waals surface area contributed by atoms with Crippen molar-refractivity contribution in [1.82, 2.24) is 0 Å². The number of halogens is 3. The Morgan fingerprint density at radius 3 is 2.56 bits per heavy atom. The van der Waals surface area contributed by atoms with Gasteiger partial charge in [0.15, 0.2) is 0 Å². The van der Waals surface area contributed by atoms with Gasteiger partial charge in [0, 0.05) is 22.7 Å². The van der Waals surface area contributed by atoms with Crippen LogP contribution < -0.4 is 10.5 Å². The molecule has 0 aliphatic carbocycles. The van der Waals surface area contributed by atoms with Gasteiger partial charge in [0.2, 0.25) is 0 Å². The Labute approximate surface area is 114 Å². The molecule has 2 aromatic carbocycles. The van der Waals surface area contributed by atoms with Crippen molar-refractivity contribution in [2.45, 2.75) is 6.61 Å². The van der Waals surface area contributed by atoms with Crippen LogP contribution in [0.5, 0.6) is 5.75 Å². The van der Waals surface area contributed by atoms with Crippen molar-refractivity contribution in [2.75, 3.05) is 5.73 Å². The van der Waals surface area contributed by atoms with Crippen molar-refractivity contribution in [3.63, 3.8) is 0 Å². The lowest BCUT2D eigenvalue weighted by Gasteiger charge is -2.10. The van der Waals surface area contributed by atoms with Gasteiger partial charge in [0.05, 0.1) is 10.7 Å². The molecular weight excluding hydrogens is 276 g/mol. The van der Waals surface area contributed by atoms with Crippen LogP contribution in [0.4, 0.5) is 10.1 Å². The second-order valence-corrected chi connectivity index (χ2v) is 4.50. The van der Waals surface area contributed by atoms with Gasteiger partial charge in [-0.1, -0.05) is 41.4 Å². The van der Waals surface area contributed by atoms with Gasteiger partial charge in [-0.2, -0.15) is 0 Å². The highest BCUT2D eigenvalue weighted by Crippen LogP contribution is 2.29. The Balaban J connectivity index is 2.16. The molecule has 0 aliphatic heterocycles. The fraction of sp³-hybridized carbons (Fsp3) is 0.0769. The molecule has 0 heterocycles. The number of anilines is 1. The van der Waals surface area contributed by atoms with Crippen LogP contribution in [0.3, 0.4) is 0 Å². The summed E-state index contributed by atoms with van der Waals surface area (Å²) in [5, 5.41) is 0.572. The van der Waals surface area contributed by atoms with Crippen LogP contribution in [0, 0.1) is 5.82 Å². The second-order valence-electron chi connectivity index (χ2n) is 3.68. The molecule has 2 aromatic rings. The summed E-state index contributed by atoms with van der Waals surface area (Å²) in [5.74, 6) is -0.236. The maximum Gasteiger partial charge on any atom is 0.144 e. The molecule has 2 N–H and O–H groups in total. The molecule has 18 heavy (non-hydrogen) atoms. The summed E-state index contributed by atoms with van der Waals surface area (Å²) in [5.41, 5.74) is 6.65. The molecule has 0 saturated carbocycles. The normalized spacial score (nSPS) is 10.4. The number of rotatable bonds is 3. The molecule has 2 rings (SSSR count). The SMILES string of the molecule is Nc1cc(F)c(Cl)cc1OCc1ccccc1Cl. The van der Waals surface area contributed by atoms with Crippen molar-refractivity contribution in [3.05, 3.63) is 57.8 Å². The predicted octanol–water partition coefficient (Wildman–Crippen LogP) is 4.29. The Morgan fingerprint density at radius 1 is 1.11 bits per heavy atom. The van der Waals surface area contributed by atoms with Gasteiger partial charge in [-0.15, -0.1) is 0 Å². The van der Waals surface area contributed by atoms with Gasteiger partial charge >= 0.3 is 0 Å². The first-order valence-electron chi connectivity index (χ1n) is 5.18. The van der Waals surface area contributed by atoms with Crippen LogP contribution in [0.1, 0.15) is 5.56 Å². The van der Waals surface area contributed by atoms with Crippen molar-refractivity contribution in [1.29, 1.82) is 0 Å². The predicted molar refractivity (Wildman–Crippen MR) is 71.6 cm³/mol. The third kappa shape index (κ3) is 2.86. The average molecular weight is 286 g/mol. The van der Waals surface area contributed by atoms with Gasteiger partial charge < -0.3 is 10.5 Å². The molecule has 5 heteroatoms. The maximum absolute atomic E-state index is 13.1. The van der Waals surface area contributed by atoms with E-state index in [1.54, 1.807) is 6.07 Å². The zero-order valence-electron chi connectivity index (χ0n) is 9.29. The molecule has 0 radical (unpaired) electrons. The molecule has 0 bridgehead atoms. The van der Waals surface area contributed by atoms with Crippen molar-refractivity contribution < 1.29 is 9.13 Å². The average Bonchev–Trinajstić information content (AvgIpc) is 2.34. The van der Waals surface area contributed by atoms with Gasteiger partial charge in [-0.25, -0.2) is 4.39 Å². The van der Waals surface area contributed by atoms with Crippen LogP contribution in [0.15, 0.2) is 36.4 Å². The minimum Gasteiger partial charge on any atom is -0.487 e. The van der Waals surface area contributed by atoms with Crippen LogP contribution in [-0.2, 0) is 6.61 Å². The lowest BCUT2D eigenvalue weighted by molar-refractivity contribution is 0.307. The van der Waals surface area contributed by atoms with Crippen molar-refractivity contribution in [3.8, 4) is 5.75 Å². The molecule has 0 unspecified atom stereocenters. The molecule has 94 valence electrons. The Bertz CT molecular complexity index is 575. The smallest absolute Gasteiger partial charge is 0.144 e. The second kappa shape index (κ2) is 5.46. The van der Waals surface area contributed by atoms with E-state index < -0.39 is 5.82 Å². The highest BCUT2D eigenvalue weighted by atomic mass is 35.5. The van der Waals surface area contributed by atoms with Gasteiger partial charge in [0.1, 0.15) is 18.2 Å². The van der Waals surface area contributed by atoms with E-state index in [1.165, 1.54) is 6.07 Å². The monoisotopic (exact) mass is 285 g/mol. The Kier molecular flexibility index (Phi) is 3.94. The topological polar surface area (TPSA) is 35.2 Å². The van der Waals surface area contributed by atoms with Gasteiger partial charge in [0.25, 0.3) is 0 Å². The lowest BCUT2D eigenvalue weighted by Crippen LogP contribution is -2.00. The fourth-order valence-electron chi connectivity index (χ4n) is 1.44. The summed E-state index contributed by atoms with van der Waals surface area (Å²) in [6.45, 7) is 0.242. The number of benzene rings is 2. The number of ether oxygens (including phenoxy) is 1. The molecule has 0 aliphatic rings. The van der Waals surface area contributed by atoms with Crippen LogP contribution in [-0.4, -0.2) is 0 Å². The van der Waals surface area contributed by atoms with E-state index in [2.05, 4.69) is 0 Å².